The molecule has 0 heterocycles. The number of aliphatic hydroxyl groups is 1. The minimum atomic E-state index is -0.884. The van der Waals surface area contributed by atoms with E-state index in [-0.39, 0.29) is 17.9 Å². The van der Waals surface area contributed by atoms with Gasteiger partial charge in [-0.25, -0.2) is 0 Å². The van der Waals surface area contributed by atoms with Crippen molar-refractivity contribution in [2.75, 3.05) is 6.54 Å². The summed E-state index contributed by atoms with van der Waals surface area (Å²) in [6.07, 6.45) is 0.738. The predicted molar refractivity (Wildman–Crippen MR) is 90.6 cm³/mol. The van der Waals surface area contributed by atoms with Gasteiger partial charge in [-0.1, -0.05) is 58.4 Å². The number of carbonyl (C=O) groups is 1. The van der Waals surface area contributed by atoms with E-state index < -0.39 is 11.6 Å². The first-order valence-electron chi connectivity index (χ1n) is 7.93. The molecule has 0 fully saturated rings. The molecule has 0 saturated carbocycles. The highest BCUT2D eigenvalue weighted by molar-refractivity contribution is 5.85. The maximum Gasteiger partial charge on any atom is 0.239 e. The molecule has 0 aliphatic carbocycles. The van der Waals surface area contributed by atoms with E-state index in [2.05, 4.69) is 26.1 Å². The molecule has 2 atom stereocenters. The summed E-state index contributed by atoms with van der Waals surface area (Å²) < 4.78 is 0. The molecule has 1 amide bonds. The number of amides is 1. The van der Waals surface area contributed by atoms with Crippen molar-refractivity contribution in [1.82, 2.24) is 5.32 Å². The van der Waals surface area contributed by atoms with Crippen LogP contribution in [0.1, 0.15) is 64.7 Å². The van der Waals surface area contributed by atoms with Crippen molar-refractivity contribution in [3.63, 3.8) is 0 Å². The molecule has 4 nitrogen and oxygen atoms in total. The lowest BCUT2D eigenvalue weighted by molar-refractivity contribution is -0.126. The van der Waals surface area contributed by atoms with E-state index in [0.717, 1.165) is 12.0 Å². The Balaban J connectivity index is 2.63. The van der Waals surface area contributed by atoms with Gasteiger partial charge in [-0.3, -0.25) is 4.79 Å². The first-order valence-corrected chi connectivity index (χ1v) is 7.93. The van der Waals surface area contributed by atoms with Crippen LogP contribution in [-0.2, 0) is 10.2 Å². The average molecular weight is 306 g/mol. The SMILES string of the molecule is CCCC(C)(N)C(=O)NCC(O)c1ccc(C(C)(C)C)cc1. The zero-order chi connectivity index (χ0) is 17.0. The second kappa shape index (κ2) is 7.25. The lowest BCUT2D eigenvalue weighted by atomic mass is 9.86. The second-order valence-electron chi connectivity index (χ2n) is 7.27. The second-order valence-corrected chi connectivity index (χ2v) is 7.27. The largest absolute Gasteiger partial charge is 0.387 e. The van der Waals surface area contributed by atoms with Crippen LogP contribution < -0.4 is 11.1 Å². The van der Waals surface area contributed by atoms with Crippen LogP contribution in [0.25, 0.3) is 0 Å². The summed E-state index contributed by atoms with van der Waals surface area (Å²) in [5.74, 6) is -0.222. The maximum atomic E-state index is 12.0. The molecular formula is C18H30N2O2. The summed E-state index contributed by atoms with van der Waals surface area (Å²) in [6, 6.07) is 7.85. The molecular weight excluding hydrogens is 276 g/mol. The van der Waals surface area contributed by atoms with Gasteiger partial charge >= 0.3 is 0 Å². The van der Waals surface area contributed by atoms with Crippen molar-refractivity contribution in [2.45, 2.75) is 64.5 Å². The molecule has 0 aliphatic heterocycles. The van der Waals surface area contributed by atoms with Crippen LogP contribution in [0.2, 0.25) is 0 Å². The molecule has 4 N–H and O–H groups in total. The normalized spacial score (nSPS) is 16.0. The number of nitrogens with two attached hydrogens (primary N) is 1. The molecule has 0 bridgehead atoms. The van der Waals surface area contributed by atoms with Crippen LogP contribution >= 0.6 is 0 Å². The third-order valence-corrected chi connectivity index (χ3v) is 3.91. The van der Waals surface area contributed by atoms with Crippen molar-refractivity contribution in [2.24, 2.45) is 5.73 Å². The molecule has 1 aromatic rings. The van der Waals surface area contributed by atoms with Gasteiger partial charge in [-0.2, -0.15) is 0 Å². The minimum Gasteiger partial charge on any atom is -0.387 e. The Bertz CT molecular complexity index is 487. The third-order valence-electron chi connectivity index (χ3n) is 3.91. The molecule has 2 unspecified atom stereocenters. The number of rotatable bonds is 6. The highest BCUT2D eigenvalue weighted by Crippen LogP contribution is 2.23. The maximum absolute atomic E-state index is 12.0. The van der Waals surface area contributed by atoms with Gasteiger partial charge in [0.1, 0.15) is 0 Å². The van der Waals surface area contributed by atoms with Crippen LogP contribution in [0.15, 0.2) is 24.3 Å². The van der Waals surface area contributed by atoms with E-state index in [4.69, 9.17) is 5.73 Å². The summed E-state index contributed by atoms with van der Waals surface area (Å²) in [6.45, 7) is 10.3. The first kappa shape index (κ1) is 18.7. The van der Waals surface area contributed by atoms with E-state index in [0.29, 0.717) is 6.42 Å². The van der Waals surface area contributed by atoms with Crippen LogP contribution in [0.3, 0.4) is 0 Å². The van der Waals surface area contributed by atoms with Gasteiger partial charge in [-0.05, 0) is 29.9 Å². The first-order chi connectivity index (χ1) is 10.1. The lowest BCUT2D eigenvalue weighted by Gasteiger charge is -2.24. The van der Waals surface area contributed by atoms with Crippen LogP contribution in [0, 0.1) is 0 Å². The molecule has 4 heteroatoms. The fraction of sp³-hybridized carbons (Fsp3) is 0.611. The Labute approximate surface area is 134 Å². The van der Waals surface area contributed by atoms with E-state index in [1.807, 2.05) is 31.2 Å². The molecule has 22 heavy (non-hydrogen) atoms. The number of nitrogens with one attached hydrogen (secondary N) is 1. The molecule has 0 saturated heterocycles. The Kier molecular flexibility index (Phi) is 6.15. The summed E-state index contributed by atoms with van der Waals surface area (Å²) in [5, 5.41) is 12.9. The standard InChI is InChI=1S/C18H30N2O2/c1-6-11-18(5,19)16(22)20-12-15(21)13-7-9-14(10-8-13)17(2,3)4/h7-10,15,21H,6,11-12,19H2,1-5H3,(H,20,22). The highest BCUT2D eigenvalue weighted by Gasteiger charge is 2.27. The van der Waals surface area contributed by atoms with Crippen LogP contribution in [0.4, 0.5) is 0 Å². The average Bonchev–Trinajstić information content (AvgIpc) is 2.43. The van der Waals surface area contributed by atoms with Gasteiger partial charge in [0, 0.05) is 6.54 Å². The number of hydrogen-bond donors (Lipinski definition) is 3. The number of aliphatic hydroxyl groups excluding tert-OH is 1. The number of hydrogen-bond acceptors (Lipinski definition) is 3. The molecule has 1 aromatic carbocycles. The van der Waals surface area contributed by atoms with Gasteiger partial charge in [0.25, 0.3) is 0 Å². The van der Waals surface area contributed by atoms with E-state index in [1.165, 1.54) is 5.56 Å². The van der Waals surface area contributed by atoms with Crippen LogP contribution in [0.5, 0.6) is 0 Å². The van der Waals surface area contributed by atoms with Crippen molar-refractivity contribution >= 4 is 5.91 Å². The van der Waals surface area contributed by atoms with Gasteiger partial charge in [0.2, 0.25) is 5.91 Å². The summed E-state index contributed by atoms with van der Waals surface area (Å²) in [7, 11) is 0. The number of carbonyl (C=O) groups excluding carboxylic acids is 1. The molecule has 1 rings (SSSR count). The Morgan fingerprint density at radius 1 is 1.23 bits per heavy atom. The quantitative estimate of drug-likeness (QED) is 0.756. The van der Waals surface area contributed by atoms with E-state index in [1.54, 1.807) is 6.92 Å². The Hall–Kier alpha value is -1.39. The van der Waals surface area contributed by atoms with Gasteiger partial charge in [-0.15, -0.1) is 0 Å². The van der Waals surface area contributed by atoms with Gasteiger partial charge in [0.15, 0.2) is 0 Å². The Morgan fingerprint density at radius 3 is 2.23 bits per heavy atom. The van der Waals surface area contributed by atoms with Gasteiger partial charge in [0.05, 0.1) is 11.6 Å². The van der Waals surface area contributed by atoms with Crippen molar-refractivity contribution in [3.8, 4) is 0 Å². The topological polar surface area (TPSA) is 75.4 Å². The summed E-state index contributed by atoms with van der Waals surface area (Å²) in [5.41, 5.74) is 7.17. The smallest absolute Gasteiger partial charge is 0.239 e. The molecule has 0 spiro atoms. The van der Waals surface area contributed by atoms with E-state index >= 15 is 0 Å². The molecule has 124 valence electrons. The van der Waals surface area contributed by atoms with Crippen molar-refractivity contribution in [3.05, 3.63) is 35.4 Å². The Morgan fingerprint density at radius 2 is 1.77 bits per heavy atom. The highest BCUT2D eigenvalue weighted by atomic mass is 16.3. The monoisotopic (exact) mass is 306 g/mol. The summed E-state index contributed by atoms with van der Waals surface area (Å²) in [4.78, 5) is 12.0. The van der Waals surface area contributed by atoms with E-state index in [9.17, 15) is 9.90 Å². The zero-order valence-corrected chi connectivity index (χ0v) is 14.4. The zero-order valence-electron chi connectivity index (χ0n) is 14.4. The molecule has 0 radical (unpaired) electrons. The predicted octanol–water partition coefficient (Wildman–Crippen LogP) is 2.65. The van der Waals surface area contributed by atoms with Crippen molar-refractivity contribution < 1.29 is 9.90 Å². The van der Waals surface area contributed by atoms with Crippen LogP contribution in [-0.4, -0.2) is 23.1 Å². The third kappa shape index (κ3) is 5.11. The fourth-order valence-electron chi connectivity index (χ4n) is 2.35. The fourth-order valence-corrected chi connectivity index (χ4v) is 2.35. The van der Waals surface area contributed by atoms with Gasteiger partial charge < -0.3 is 16.2 Å². The molecule has 0 aromatic heterocycles. The minimum absolute atomic E-state index is 0.0826. The lowest BCUT2D eigenvalue weighted by Crippen LogP contribution is -2.52. The van der Waals surface area contributed by atoms with Crippen molar-refractivity contribution in [1.29, 1.82) is 0 Å². The number of benzene rings is 1. The summed E-state index contributed by atoms with van der Waals surface area (Å²) >= 11 is 0. The molecule has 0 aliphatic rings.